The van der Waals surface area contributed by atoms with Gasteiger partial charge in [-0.2, -0.15) is 4.57 Å². The van der Waals surface area contributed by atoms with Crippen LogP contribution in [0.4, 0.5) is 0 Å². The van der Waals surface area contributed by atoms with Gasteiger partial charge in [-0.15, -0.1) is 0 Å². The van der Waals surface area contributed by atoms with Crippen molar-refractivity contribution < 1.29 is 8.98 Å². The Labute approximate surface area is 168 Å². The molecule has 2 heteroatoms. The second kappa shape index (κ2) is 5.92. The average Bonchev–Trinajstić information content (AvgIpc) is 3.14. The van der Waals surface area contributed by atoms with Crippen molar-refractivity contribution >= 4 is 43.6 Å². The molecule has 2 nitrogen and oxygen atoms in total. The van der Waals surface area contributed by atoms with Crippen LogP contribution in [-0.4, -0.2) is 0 Å². The molecule has 4 aromatic carbocycles. The van der Waals surface area contributed by atoms with Crippen molar-refractivity contribution in [2.75, 3.05) is 0 Å². The number of benzene rings is 4. The van der Waals surface area contributed by atoms with Crippen molar-refractivity contribution in [2.24, 2.45) is 7.05 Å². The Morgan fingerprint density at radius 3 is 2.34 bits per heavy atom. The van der Waals surface area contributed by atoms with Crippen molar-refractivity contribution in [1.29, 1.82) is 0 Å². The van der Waals surface area contributed by atoms with Gasteiger partial charge in [0.2, 0.25) is 11.2 Å². The van der Waals surface area contributed by atoms with Crippen LogP contribution in [0, 0.1) is 6.92 Å². The summed E-state index contributed by atoms with van der Waals surface area (Å²) < 4.78 is 8.75. The van der Waals surface area contributed by atoms with E-state index in [1.807, 2.05) is 0 Å². The summed E-state index contributed by atoms with van der Waals surface area (Å²) in [5.74, 6) is 0. The molecule has 0 bridgehead atoms. The molecule has 0 atom stereocenters. The summed E-state index contributed by atoms with van der Waals surface area (Å²) in [6, 6.07) is 30.1. The minimum absolute atomic E-state index is 0.939. The molecule has 0 saturated carbocycles. The lowest BCUT2D eigenvalue weighted by Crippen LogP contribution is -2.32. The molecular weight excluding hydrogens is 354 g/mol. The summed E-state index contributed by atoms with van der Waals surface area (Å²) in [5, 5.41) is 6.08. The molecule has 2 aromatic heterocycles. The molecule has 0 amide bonds. The minimum atomic E-state index is 0.939. The normalized spacial score (nSPS) is 11.8. The zero-order chi connectivity index (χ0) is 19.5. The number of hydrogen-bond acceptors (Lipinski definition) is 1. The predicted octanol–water partition coefficient (Wildman–Crippen LogP) is 6.69. The fraction of sp³-hybridized carbons (Fsp3) is 0.0741. The summed E-state index contributed by atoms with van der Waals surface area (Å²) in [4.78, 5) is 0. The highest BCUT2D eigenvalue weighted by atomic mass is 16.3. The molecule has 0 aliphatic rings. The highest BCUT2D eigenvalue weighted by Gasteiger charge is 2.22. The second-order valence-electron chi connectivity index (χ2n) is 7.73. The number of rotatable bonds is 1. The number of aromatic nitrogens is 1. The van der Waals surface area contributed by atoms with Crippen LogP contribution in [0.1, 0.15) is 5.56 Å². The Bertz CT molecular complexity index is 1570. The molecule has 29 heavy (non-hydrogen) atoms. The van der Waals surface area contributed by atoms with Crippen LogP contribution in [0.15, 0.2) is 89.3 Å². The Balaban J connectivity index is 1.77. The third kappa shape index (κ3) is 2.26. The quantitative estimate of drug-likeness (QED) is 0.293. The fourth-order valence-corrected chi connectivity index (χ4v) is 4.62. The standard InChI is InChI=1S/C27H20NO/c1-17-11-14-21-26-20-9-5-3-7-18(20)13-16-24(26)29-27(21)25(17)23-15-12-19-8-4-6-10-22(19)28(23)2/h3-16H,1-2H3/q+1. The van der Waals surface area contributed by atoms with Crippen LogP contribution in [0.5, 0.6) is 0 Å². The highest BCUT2D eigenvalue weighted by molar-refractivity contribution is 6.20. The first-order valence-electron chi connectivity index (χ1n) is 9.94. The van der Waals surface area contributed by atoms with Crippen LogP contribution < -0.4 is 4.57 Å². The number of nitrogens with zero attached hydrogens (tertiary/aromatic N) is 1. The van der Waals surface area contributed by atoms with Gasteiger partial charge in [0.1, 0.15) is 18.2 Å². The Kier molecular flexibility index (Phi) is 3.33. The molecule has 6 aromatic rings. The minimum Gasteiger partial charge on any atom is -0.455 e. The SMILES string of the molecule is Cc1ccc2c(oc3ccc4ccccc4c32)c1-c1ccc2ccccc2[n+]1C. The number of pyridine rings is 1. The Hall–Kier alpha value is -3.65. The van der Waals surface area contributed by atoms with E-state index in [-0.39, 0.29) is 0 Å². The number of aryl methyl sites for hydroxylation is 2. The van der Waals surface area contributed by atoms with Gasteiger partial charge in [-0.1, -0.05) is 54.6 Å². The van der Waals surface area contributed by atoms with Gasteiger partial charge in [0.05, 0.1) is 5.56 Å². The van der Waals surface area contributed by atoms with Gasteiger partial charge in [0.25, 0.3) is 0 Å². The number of fused-ring (bicyclic) bond motifs is 6. The molecule has 0 aliphatic carbocycles. The van der Waals surface area contributed by atoms with Crippen molar-refractivity contribution in [2.45, 2.75) is 6.92 Å². The molecule has 0 radical (unpaired) electrons. The summed E-state index contributed by atoms with van der Waals surface area (Å²) in [6.07, 6.45) is 0. The van der Waals surface area contributed by atoms with Crippen LogP contribution in [-0.2, 0) is 7.05 Å². The van der Waals surface area contributed by atoms with E-state index < -0.39 is 0 Å². The molecular formula is C27H20NO+. The molecule has 0 saturated heterocycles. The molecule has 0 fully saturated rings. The van der Waals surface area contributed by atoms with Gasteiger partial charge in [0.15, 0.2) is 0 Å². The Morgan fingerprint density at radius 1 is 0.690 bits per heavy atom. The second-order valence-corrected chi connectivity index (χ2v) is 7.73. The van der Waals surface area contributed by atoms with Crippen LogP contribution in [0.3, 0.4) is 0 Å². The number of hydrogen-bond donors (Lipinski definition) is 0. The van der Waals surface area contributed by atoms with Crippen molar-refractivity contribution in [3.63, 3.8) is 0 Å². The van der Waals surface area contributed by atoms with Gasteiger partial charge in [-0.05, 0) is 41.5 Å². The maximum atomic E-state index is 6.48. The van der Waals surface area contributed by atoms with Crippen LogP contribution in [0.2, 0.25) is 0 Å². The summed E-state index contributed by atoms with van der Waals surface area (Å²) in [5.41, 5.74) is 6.65. The summed E-state index contributed by atoms with van der Waals surface area (Å²) in [7, 11) is 2.13. The lowest BCUT2D eigenvalue weighted by molar-refractivity contribution is -0.633. The van der Waals surface area contributed by atoms with Crippen molar-refractivity contribution in [3.8, 4) is 11.3 Å². The first kappa shape index (κ1) is 16.3. The van der Waals surface area contributed by atoms with Gasteiger partial charge in [0, 0.05) is 28.3 Å². The largest absolute Gasteiger partial charge is 0.455 e. The molecule has 0 N–H and O–H groups in total. The monoisotopic (exact) mass is 374 g/mol. The number of furan rings is 1. The first-order chi connectivity index (χ1) is 14.2. The van der Waals surface area contributed by atoms with E-state index in [0.717, 1.165) is 22.4 Å². The van der Waals surface area contributed by atoms with Crippen LogP contribution in [0.25, 0.3) is 54.9 Å². The van der Waals surface area contributed by atoms with Gasteiger partial charge < -0.3 is 4.42 Å². The van der Waals surface area contributed by atoms with E-state index in [2.05, 4.69) is 103 Å². The molecule has 0 spiro atoms. The fourth-order valence-electron chi connectivity index (χ4n) is 4.62. The third-order valence-electron chi connectivity index (χ3n) is 6.07. The van der Waals surface area contributed by atoms with Gasteiger partial charge in [-0.3, -0.25) is 0 Å². The maximum Gasteiger partial charge on any atom is 0.216 e. The third-order valence-corrected chi connectivity index (χ3v) is 6.07. The Morgan fingerprint density at radius 2 is 1.45 bits per heavy atom. The van der Waals surface area contributed by atoms with Gasteiger partial charge >= 0.3 is 0 Å². The van der Waals surface area contributed by atoms with E-state index in [4.69, 9.17) is 4.42 Å². The van der Waals surface area contributed by atoms with Crippen LogP contribution >= 0.6 is 0 Å². The lowest BCUT2D eigenvalue weighted by atomic mass is 9.98. The summed E-state index contributed by atoms with van der Waals surface area (Å²) >= 11 is 0. The average molecular weight is 374 g/mol. The molecule has 0 unspecified atom stereocenters. The zero-order valence-electron chi connectivity index (χ0n) is 16.4. The molecule has 138 valence electrons. The molecule has 6 rings (SSSR count). The maximum absolute atomic E-state index is 6.48. The molecule has 2 heterocycles. The topological polar surface area (TPSA) is 17.0 Å². The summed E-state index contributed by atoms with van der Waals surface area (Å²) in [6.45, 7) is 2.16. The van der Waals surface area contributed by atoms with Crippen molar-refractivity contribution in [1.82, 2.24) is 0 Å². The lowest BCUT2D eigenvalue weighted by Gasteiger charge is -2.07. The predicted molar refractivity (Wildman–Crippen MR) is 120 cm³/mol. The highest BCUT2D eigenvalue weighted by Crippen LogP contribution is 2.40. The first-order valence-corrected chi connectivity index (χ1v) is 9.94. The van der Waals surface area contributed by atoms with E-state index >= 15 is 0 Å². The molecule has 0 aliphatic heterocycles. The van der Waals surface area contributed by atoms with Crippen molar-refractivity contribution in [3.05, 3.63) is 90.5 Å². The van der Waals surface area contributed by atoms with E-state index in [1.165, 1.54) is 38.0 Å². The van der Waals surface area contributed by atoms with Gasteiger partial charge in [-0.25, -0.2) is 0 Å². The van der Waals surface area contributed by atoms with E-state index in [1.54, 1.807) is 0 Å². The van der Waals surface area contributed by atoms with E-state index in [0.29, 0.717) is 0 Å². The number of para-hydroxylation sites is 1. The smallest absolute Gasteiger partial charge is 0.216 e. The zero-order valence-corrected chi connectivity index (χ0v) is 16.4. The van der Waals surface area contributed by atoms with E-state index in [9.17, 15) is 0 Å².